The normalized spacial score (nSPS) is 13.0. The fourth-order valence-electron chi connectivity index (χ4n) is 2.89. The molecule has 144 valence electrons. The van der Waals surface area contributed by atoms with E-state index < -0.39 is 15.9 Å². The van der Waals surface area contributed by atoms with Crippen LogP contribution in [0.1, 0.15) is 27.3 Å². The second kappa shape index (κ2) is 7.08. The number of ether oxygens (including phenoxy) is 1. The first-order valence-corrected chi connectivity index (χ1v) is 10.1. The summed E-state index contributed by atoms with van der Waals surface area (Å²) in [4.78, 5) is 20.8. The van der Waals surface area contributed by atoms with Gasteiger partial charge in [0.25, 0.3) is 15.9 Å². The van der Waals surface area contributed by atoms with E-state index in [0.29, 0.717) is 24.5 Å². The molecule has 1 N–H and O–H groups in total. The molecule has 0 spiro atoms. The fraction of sp³-hybridized carbons (Fsp3) is 0.211. The van der Waals surface area contributed by atoms with Crippen LogP contribution < -0.4 is 10.1 Å². The standard InChI is InChI=1S/C19H18N4O4S/c1-13-9-21-16(10-20-13)11-22-19(24)15-4-6-23(12-15)28(25,26)17-2-3-18-14(8-17)5-7-27-18/h2-4,6,8-10,12H,5,7,11H2,1H3,(H,22,24). The maximum Gasteiger partial charge on any atom is 0.267 e. The number of nitrogens with one attached hydrogen (secondary N) is 1. The van der Waals surface area contributed by atoms with E-state index in [0.717, 1.165) is 15.2 Å². The molecule has 1 aliphatic heterocycles. The van der Waals surface area contributed by atoms with E-state index in [9.17, 15) is 13.2 Å². The van der Waals surface area contributed by atoms with E-state index in [2.05, 4.69) is 15.3 Å². The van der Waals surface area contributed by atoms with Gasteiger partial charge in [0, 0.05) is 25.0 Å². The van der Waals surface area contributed by atoms with Gasteiger partial charge in [0.15, 0.2) is 0 Å². The number of benzene rings is 1. The van der Waals surface area contributed by atoms with Crippen molar-refractivity contribution < 1.29 is 17.9 Å². The van der Waals surface area contributed by atoms with E-state index in [1.165, 1.54) is 24.5 Å². The minimum absolute atomic E-state index is 0.161. The van der Waals surface area contributed by atoms with Crippen molar-refractivity contribution in [1.82, 2.24) is 19.3 Å². The maximum atomic E-state index is 12.9. The van der Waals surface area contributed by atoms with Gasteiger partial charge in [-0.25, -0.2) is 12.4 Å². The van der Waals surface area contributed by atoms with Crippen LogP contribution in [0, 0.1) is 6.92 Å². The van der Waals surface area contributed by atoms with Crippen molar-refractivity contribution in [2.24, 2.45) is 0 Å². The van der Waals surface area contributed by atoms with Gasteiger partial charge in [-0.15, -0.1) is 0 Å². The molecule has 3 heterocycles. The lowest BCUT2D eigenvalue weighted by Crippen LogP contribution is -2.23. The van der Waals surface area contributed by atoms with Gasteiger partial charge in [0.1, 0.15) is 5.75 Å². The van der Waals surface area contributed by atoms with Gasteiger partial charge in [-0.1, -0.05) is 0 Å². The van der Waals surface area contributed by atoms with Crippen molar-refractivity contribution >= 4 is 15.9 Å². The quantitative estimate of drug-likeness (QED) is 0.702. The summed E-state index contributed by atoms with van der Waals surface area (Å²) in [6, 6.07) is 6.25. The van der Waals surface area contributed by atoms with E-state index in [4.69, 9.17) is 4.74 Å². The Morgan fingerprint density at radius 3 is 2.89 bits per heavy atom. The van der Waals surface area contributed by atoms with Crippen LogP contribution in [-0.2, 0) is 23.0 Å². The summed E-state index contributed by atoms with van der Waals surface area (Å²) < 4.78 is 32.2. The Bertz CT molecular complexity index is 1140. The lowest BCUT2D eigenvalue weighted by atomic mass is 10.2. The smallest absolute Gasteiger partial charge is 0.267 e. The molecule has 2 aromatic heterocycles. The monoisotopic (exact) mass is 398 g/mol. The largest absolute Gasteiger partial charge is 0.493 e. The molecule has 0 fully saturated rings. The summed E-state index contributed by atoms with van der Waals surface area (Å²) in [7, 11) is -3.79. The summed E-state index contributed by atoms with van der Waals surface area (Å²) in [5.74, 6) is 0.324. The van der Waals surface area contributed by atoms with Crippen LogP contribution in [0.5, 0.6) is 5.75 Å². The lowest BCUT2D eigenvalue weighted by molar-refractivity contribution is 0.0950. The molecule has 1 aliphatic rings. The van der Waals surface area contributed by atoms with E-state index in [1.54, 1.807) is 24.5 Å². The molecule has 0 atom stereocenters. The molecule has 0 saturated carbocycles. The van der Waals surface area contributed by atoms with Crippen LogP contribution in [-0.4, -0.2) is 34.9 Å². The SMILES string of the molecule is Cc1cnc(CNC(=O)c2ccn(S(=O)(=O)c3ccc4c(c3)CCO4)c2)cn1. The first-order chi connectivity index (χ1) is 13.4. The van der Waals surface area contributed by atoms with Crippen molar-refractivity contribution in [1.29, 1.82) is 0 Å². The predicted octanol–water partition coefficient (Wildman–Crippen LogP) is 1.69. The molecule has 28 heavy (non-hydrogen) atoms. The van der Waals surface area contributed by atoms with Crippen molar-refractivity contribution in [3.05, 3.63) is 71.6 Å². The summed E-state index contributed by atoms with van der Waals surface area (Å²) in [6.07, 6.45) is 6.55. The van der Waals surface area contributed by atoms with Crippen LogP contribution >= 0.6 is 0 Å². The molecule has 0 bridgehead atoms. The van der Waals surface area contributed by atoms with Gasteiger partial charge in [-0.3, -0.25) is 14.8 Å². The number of hydrogen-bond donors (Lipinski definition) is 1. The molecular formula is C19H18N4O4S. The average Bonchev–Trinajstić information content (AvgIpc) is 3.36. The Hall–Kier alpha value is -3.20. The van der Waals surface area contributed by atoms with Crippen LogP contribution in [0.15, 0.2) is 53.9 Å². The highest BCUT2D eigenvalue weighted by atomic mass is 32.2. The van der Waals surface area contributed by atoms with E-state index >= 15 is 0 Å². The molecule has 8 nitrogen and oxygen atoms in total. The summed E-state index contributed by atoms with van der Waals surface area (Å²) in [5.41, 5.74) is 2.51. The molecule has 9 heteroatoms. The Balaban J connectivity index is 1.50. The average molecular weight is 398 g/mol. The molecule has 4 rings (SSSR count). The highest BCUT2D eigenvalue weighted by Gasteiger charge is 2.22. The Kier molecular flexibility index (Phi) is 4.60. The van der Waals surface area contributed by atoms with Crippen molar-refractivity contribution in [3.8, 4) is 5.75 Å². The summed E-state index contributed by atoms with van der Waals surface area (Å²) in [5, 5.41) is 2.71. The Morgan fingerprint density at radius 2 is 2.11 bits per heavy atom. The fourth-order valence-corrected chi connectivity index (χ4v) is 4.14. The van der Waals surface area contributed by atoms with Crippen LogP contribution in [0.4, 0.5) is 0 Å². The second-order valence-corrected chi connectivity index (χ2v) is 8.28. The number of carbonyl (C=O) groups is 1. The molecule has 0 aliphatic carbocycles. The highest BCUT2D eigenvalue weighted by molar-refractivity contribution is 7.90. The summed E-state index contributed by atoms with van der Waals surface area (Å²) in [6.45, 7) is 2.58. The first kappa shape index (κ1) is 18.2. The minimum atomic E-state index is -3.79. The zero-order chi connectivity index (χ0) is 19.7. The number of aryl methyl sites for hydroxylation is 1. The first-order valence-electron chi connectivity index (χ1n) is 8.68. The molecular weight excluding hydrogens is 380 g/mol. The van der Waals surface area contributed by atoms with Crippen molar-refractivity contribution in [3.63, 3.8) is 0 Å². The van der Waals surface area contributed by atoms with Gasteiger partial charge in [0.05, 0.1) is 41.2 Å². The van der Waals surface area contributed by atoms with Gasteiger partial charge < -0.3 is 10.1 Å². The van der Waals surface area contributed by atoms with Gasteiger partial charge in [-0.05, 0) is 36.8 Å². The number of rotatable bonds is 5. The molecule has 1 aromatic carbocycles. The molecule has 0 radical (unpaired) electrons. The van der Waals surface area contributed by atoms with Crippen molar-refractivity contribution in [2.45, 2.75) is 24.8 Å². The number of aromatic nitrogens is 3. The molecule has 3 aromatic rings. The van der Waals surface area contributed by atoms with Gasteiger partial charge >= 0.3 is 0 Å². The minimum Gasteiger partial charge on any atom is -0.493 e. The summed E-state index contributed by atoms with van der Waals surface area (Å²) >= 11 is 0. The predicted molar refractivity (Wildman–Crippen MR) is 101 cm³/mol. The number of amides is 1. The number of nitrogens with zero attached hydrogens (tertiary/aromatic N) is 3. The topological polar surface area (TPSA) is 103 Å². The second-order valence-electron chi connectivity index (χ2n) is 6.43. The molecule has 1 amide bonds. The maximum absolute atomic E-state index is 12.9. The van der Waals surface area contributed by atoms with E-state index in [-0.39, 0.29) is 17.0 Å². The van der Waals surface area contributed by atoms with E-state index in [1.807, 2.05) is 6.92 Å². The molecule has 0 unspecified atom stereocenters. The number of fused-ring (bicyclic) bond motifs is 1. The molecule has 0 saturated heterocycles. The highest BCUT2D eigenvalue weighted by Crippen LogP contribution is 2.28. The van der Waals surface area contributed by atoms with Crippen LogP contribution in [0.3, 0.4) is 0 Å². The zero-order valence-electron chi connectivity index (χ0n) is 15.1. The Morgan fingerprint density at radius 1 is 1.25 bits per heavy atom. The third-order valence-electron chi connectivity index (χ3n) is 4.43. The van der Waals surface area contributed by atoms with Crippen LogP contribution in [0.25, 0.3) is 0 Å². The van der Waals surface area contributed by atoms with Gasteiger partial charge in [0.2, 0.25) is 0 Å². The number of carbonyl (C=O) groups excluding carboxylic acids is 1. The third-order valence-corrected chi connectivity index (χ3v) is 6.06. The zero-order valence-corrected chi connectivity index (χ0v) is 15.9. The number of hydrogen-bond acceptors (Lipinski definition) is 6. The van der Waals surface area contributed by atoms with Gasteiger partial charge in [-0.2, -0.15) is 0 Å². The third kappa shape index (κ3) is 3.48. The van der Waals surface area contributed by atoms with Crippen molar-refractivity contribution in [2.75, 3.05) is 6.61 Å². The van der Waals surface area contributed by atoms with Crippen LogP contribution in [0.2, 0.25) is 0 Å². The lowest BCUT2D eigenvalue weighted by Gasteiger charge is -2.07. The Labute approximate surface area is 162 Å².